The first-order chi connectivity index (χ1) is 16.9. The van der Waals surface area contributed by atoms with Crippen molar-refractivity contribution in [3.63, 3.8) is 0 Å². The third-order valence-electron chi connectivity index (χ3n) is 6.00. The quantitative estimate of drug-likeness (QED) is 0.251. The van der Waals surface area contributed by atoms with Crippen molar-refractivity contribution in [1.82, 2.24) is 19.7 Å². The number of carbonyl (C=O) groups excluding carboxylic acids is 2. The maximum Gasteiger partial charge on any atom is 0.340 e. The van der Waals surface area contributed by atoms with E-state index >= 15 is 0 Å². The first kappa shape index (κ1) is 25.0. The maximum absolute atomic E-state index is 13.1. The highest BCUT2D eigenvalue weighted by atomic mass is 32.2. The minimum absolute atomic E-state index is 0.0819. The van der Waals surface area contributed by atoms with Crippen LogP contribution in [0.1, 0.15) is 51.9 Å². The number of thioether (sulfide) groups is 1. The Morgan fingerprint density at radius 3 is 2.66 bits per heavy atom. The van der Waals surface area contributed by atoms with E-state index in [2.05, 4.69) is 15.2 Å². The third-order valence-corrected chi connectivity index (χ3v) is 6.97. The van der Waals surface area contributed by atoms with Gasteiger partial charge in [0.05, 0.1) is 43.4 Å². The van der Waals surface area contributed by atoms with Gasteiger partial charge in [0, 0.05) is 17.9 Å². The van der Waals surface area contributed by atoms with Crippen LogP contribution in [0.25, 0.3) is 11.4 Å². The van der Waals surface area contributed by atoms with Crippen molar-refractivity contribution < 1.29 is 23.8 Å². The van der Waals surface area contributed by atoms with Crippen LogP contribution in [0.15, 0.2) is 29.4 Å². The first-order valence-corrected chi connectivity index (χ1v) is 12.6. The van der Waals surface area contributed by atoms with Crippen LogP contribution in [0.5, 0.6) is 5.75 Å². The van der Waals surface area contributed by atoms with Crippen molar-refractivity contribution in [3.8, 4) is 17.1 Å². The Labute approximate surface area is 208 Å². The number of hydrogen-bond acceptors (Lipinski definition) is 8. The van der Waals surface area contributed by atoms with Crippen molar-refractivity contribution in [2.75, 3.05) is 26.1 Å². The number of carbonyl (C=O) groups is 2. The van der Waals surface area contributed by atoms with Gasteiger partial charge in [-0.3, -0.25) is 9.36 Å². The van der Waals surface area contributed by atoms with Gasteiger partial charge >= 0.3 is 5.97 Å². The smallest absolute Gasteiger partial charge is 0.340 e. The number of esters is 1. The minimum Gasteiger partial charge on any atom is -0.497 e. The summed E-state index contributed by atoms with van der Waals surface area (Å²) >= 11 is 1.32. The molecule has 1 aliphatic heterocycles. The Morgan fingerprint density at radius 2 is 2.00 bits per heavy atom. The van der Waals surface area contributed by atoms with Gasteiger partial charge in [-0.15, -0.1) is 10.2 Å². The maximum atomic E-state index is 13.1. The van der Waals surface area contributed by atoms with Crippen molar-refractivity contribution in [3.05, 3.63) is 46.8 Å². The molecule has 3 aromatic rings. The molecule has 1 saturated heterocycles. The molecule has 2 aromatic heterocycles. The molecule has 9 nitrogen and oxygen atoms in total. The zero-order valence-electron chi connectivity index (χ0n) is 20.4. The van der Waals surface area contributed by atoms with E-state index in [4.69, 9.17) is 14.2 Å². The third kappa shape index (κ3) is 5.43. The highest BCUT2D eigenvalue weighted by Gasteiger charge is 2.25. The first-order valence-electron chi connectivity index (χ1n) is 11.6. The Morgan fingerprint density at radius 1 is 1.23 bits per heavy atom. The van der Waals surface area contributed by atoms with Crippen LogP contribution in [-0.2, 0) is 16.0 Å². The van der Waals surface area contributed by atoms with E-state index in [1.54, 1.807) is 27.9 Å². The Hall–Kier alpha value is -3.11. The molecule has 3 heterocycles. The molecule has 0 radical (unpaired) electrons. The number of benzene rings is 1. The summed E-state index contributed by atoms with van der Waals surface area (Å²) in [7, 11) is 1.63. The van der Waals surface area contributed by atoms with Crippen molar-refractivity contribution >= 4 is 23.5 Å². The number of aromatic amines is 1. The van der Waals surface area contributed by atoms with Crippen LogP contribution >= 0.6 is 11.8 Å². The van der Waals surface area contributed by atoms with Crippen LogP contribution in [-0.4, -0.2) is 63.7 Å². The number of nitrogens with one attached hydrogen (secondary N) is 1. The highest BCUT2D eigenvalue weighted by Crippen LogP contribution is 2.29. The summed E-state index contributed by atoms with van der Waals surface area (Å²) in [5, 5.41) is 9.47. The molecule has 10 heteroatoms. The Kier molecular flexibility index (Phi) is 7.92. The molecular weight excluding hydrogens is 468 g/mol. The predicted octanol–water partition coefficient (Wildman–Crippen LogP) is 4.23. The van der Waals surface area contributed by atoms with Gasteiger partial charge in [-0.2, -0.15) is 0 Å². The number of aryl methyl sites for hydroxylation is 1. The average molecular weight is 499 g/mol. The molecular formula is C25H30N4O5S. The fourth-order valence-electron chi connectivity index (χ4n) is 4.25. The van der Waals surface area contributed by atoms with E-state index in [1.807, 2.05) is 28.8 Å². The summed E-state index contributed by atoms with van der Waals surface area (Å²) in [5.74, 6) is 1.08. The SMILES string of the molecule is CCOC(=O)c1c(C)[nH]c(C(=O)CSc2nnc(-c3ccc(OC)cc3)n2CC2CCCO2)c1C. The monoisotopic (exact) mass is 498 g/mol. The molecule has 0 saturated carbocycles. The van der Waals surface area contributed by atoms with Crippen LogP contribution in [0.2, 0.25) is 0 Å². The zero-order valence-corrected chi connectivity index (χ0v) is 21.2. The van der Waals surface area contributed by atoms with Gasteiger partial charge in [-0.25, -0.2) is 4.79 Å². The molecule has 0 aliphatic carbocycles. The normalized spacial score (nSPS) is 15.4. The van der Waals surface area contributed by atoms with Crippen LogP contribution in [0.4, 0.5) is 0 Å². The van der Waals surface area contributed by atoms with E-state index in [-0.39, 0.29) is 24.2 Å². The number of hydrogen-bond donors (Lipinski definition) is 1. The fraction of sp³-hybridized carbons (Fsp3) is 0.440. The van der Waals surface area contributed by atoms with Crippen LogP contribution < -0.4 is 4.74 Å². The van der Waals surface area contributed by atoms with E-state index in [1.165, 1.54) is 11.8 Å². The summed E-state index contributed by atoms with van der Waals surface area (Å²) in [4.78, 5) is 28.4. The second kappa shape index (κ2) is 11.1. The molecule has 1 atom stereocenters. The lowest BCUT2D eigenvalue weighted by Gasteiger charge is -2.15. The standard InChI is InChI=1S/C25H30N4O5S/c1-5-33-24(31)21-15(2)22(26-16(21)3)20(30)14-35-25-28-27-23(17-8-10-18(32-4)11-9-17)29(25)13-19-7-6-12-34-19/h8-11,19,26H,5-7,12-14H2,1-4H3. The van der Waals surface area contributed by atoms with E-state index < -0.39 is 5.97 Å². The fourth-order valence-corrected chi connectivity index (χ4v) is 5.07. The van der Waals surface area contributed by atoms with Gasteiger partial charge in [-0.05, 0) is 63.4 Å². The summed E-state index contributed by atoms with van der Waals surface area (Å²) in [5.41, 5.74) is 2.97. The van der Waals surface area contributed by atoms with Gasteiger partial charge in [0.25, 0.3) is 0 Å². The summed E-state index contributed by atoms with van der Waals surface area (Å²) in [6, 6.07) is 7.65. The van der Waals surface area contributed by atoms with Gasteiger partial charge in [0.1, 0.15) is 5.75 Å². The zero-order chi connectivity index (χ0) is 24.9. The lowest BCUT2D eigenvalue weighted by atomic mass is 10.1. The molecule has 186 valence electrons. The largest absolute Gasteiger partial charge is 0.497 e. The second-order valence-corrected chi connectivity index (χ2v) is 9.28. The van der Waals surface area contributed by atoms with Crippen LogP contribution in [0, 0.1) is 13.8 Å². The van der Waals surface area contributed by atoms with Crippen molar-refractivity contribution in [2.24, 2.45) is 0 Å². The summed E-state index contributed by atoms with van der Waals surface area (Å²) in [6.07, 6.45) is 2.08. The van der Waals surface area contributed by atoms with Crippen molar-refractivity contribution in [1.29, 1.82) is 0 Å². The molecule has 1 aliphatic rings. The lowest BCUT2D eigenvalue weighted by Crippen LogP contribution is -2.17. The number of aromatic nitrogens is 4. The molecule has 1 fully saturated rings. The lowest BCUT2D eigenvalue weighted by molar-refractivity contribution is 0.0525. The average Bonchev–Trinajstić information content (AvgIpc) is 3.58. The van der Waals surface area contributed by atoms with Crippen molar-refractivity contribution in [2.45, 2.75) is 51.4 Å². The molecule has 0 amide bonds. The molecule has 4 rings (SSSR count). The molecule has 0 bridgehead atoms. The number of ether oxygens (including phenoxy) is 3. The number of H-pyrrole nitrogens is 1. The Balaban J connectivity index is 1.56. The predicted molar refractivity (Wildman–Crippen MR) is 132 cm³/mol. The minimum atomic E-state index is -0.425. The van der Waals surface area contributed by atoms with Gasteiger partial charge in [-0.1, -0.05) is 11.8 Å². The Bertz CT molecular complexity index is 1200. The van der Waals surface area contributed by atoms with Crippen LogP contribution in [0.3, 0.4) is 0 Å². The van der Waals surface area contributed by atoms with Gasteiger partial charge in [0.15, 0.2) is 16.8 Å². The van der Waals surface area contributed by atoms with E-state index in [0.717, 1.165) is 36.6 Å². The van der Waals surface area contributed by atoms with Gasteiger partial charge < -0.3 is 19.2 Å². The molecule has 1 N–H and O–H groups in total. The number of ketones is 1. The second-order valence-electron chi connectivity index (χ2n) is 8.34. The number of nitrogens with zero attached hydrogens (tertiary/aromatic N) is 3. The highest BCUT2D eigenvalue weighted by molar-refractivity contribution is 7.99. The van der Waals surface area contributed by atoms with Gasteiger partial charge in [0.2, 0.25) is 0 Å². The molecule has 1 unspecified atom stereocenters. The molecule has 0 spiro atoms. The number of methoxy groups -OCH3 is 1. The molecule has 1 aromatic carbocycles. The summed E-state index contributed by atoms with van der Waals surface area (Å²) < 4.78 is 18.3. The van der Waals surface area contributed by atoms with E-state index in [9.17, 15) is 9.59 Å². The topological polar surface area (TPSA) is 108 Å². The molecule has 35 heavy (non-hydrogen) atoms. The number of rotatable bonds is 10. The number of Topliss-reactive ketones (excluding diaryl/α,β-unsaturated/α-hetero) is 1. The van der Waals surface area contributed by atoms with E-state index in [0.29, 0.717) is 34.2 Å². The summed E-state index contributed by atoms with van der Waals surface area (Å²) in [6.45, 7) is 6.92.